The Kier molecular flexibility index (Phi) is 8.03. The number of fused-ring (bicyclic) bond motifs is 2. The van der Waals surface area contributed by atoms with Gasteiger partial charge in [0.25, 0.3) is 0 Å². The summed E-state index contributed by atoms with van der Waals surface area (Å²) in [4.78, 5) is 28.2. The number of carbonyl (C=O) groups excluding carboxylic acids is 2. The van der Waals surface area contributed by atoms with Gasteiger partial charge in [0.2, 0.25) is 0 Å². The fraction of sp³-hybridized carbons (Fsp3) is 0.412. The molecule has 222 valence electrons. The predicted octanol–water partition coefficient (Wildman–Crippen LogP) is 7.29. The van der Waals surface area contributed by atoms with Crippen LogP contribution in [0.5, 0.6) is 11.5 Å². The smallest absolute Gasteiger partial charge is 0.415 e. The van der Waals surface area contributed by atoms with E-state index in [9.17, 15) is 9.59 Å². The molecule has 0 unspecified atom stereocenters. The van der Waals surface area contributed by atoms with Crippen molar-refractivity contribution in [3.8, 4) is 22.6 Å². The Morgan fingerprint density at radius 2 is 1.64 bits per heavy atom. The van der Waals surface area contributed by atoms with E-state index in [4.69, 9.17) is 18.9 Å². The lowest BCUT2D eigenvalue weighted by atomic mass is 9.80. The van der Waals surface area contributed by atoms with Crippen LogP contribution in [0.3, 0.4) is 0 Å². The molecule has 3 aromatic carbocycles. The molecular weight excluding hydrogens is 537 g/mol. The fourth-order valence-electron chi connectivity index (χ4n) is 6.08. The third-order valence-corrected chi connectivity index (χ3v) is 8.08. The second-order valence-corrected chi connectivity index (χ2v) is 12.0. The van der Waals surface area contributed by atoms with E-state index in [1.807, 2.05) is 59.7 Å². The molecule has 2 aliphatic heterocycles. The molecule has 8 heteroatoms. The third kappa shape index (κ3) is 5.48. The van der Waals surface area contributed by atoms with Crippen LogP contribution in [0.1, 0.15) is 72.2 Å². The van der Waals surface area contributed by atoms with Crippen molar-refractivity contribution in [3.63, 3.8) is 0 Å². The summed E-state index contributed by atoms with van der Waals surface area (Å²) in [5, 5.41) is 0. The highest BCUT2D eigenvalue weighted by Gasteiger charge is 2.38. The van der Waals surface area contributed by atoms with Crippen molar-refractivity contribution in [1.29, 1.82) is 0 Å². The molecular formula is C34H38FNO6. The molecule has 0 aromatic heterocycles. The van der Waals surface area contributed by atoms with Gasteiger partial charge in [-0.15, -0.1) is 0 Å². The lowest BCUT2D eigenvalue weighted by Crippen LogP contribution is -2.29. The van der Waals surface area contributed by atoms with Gasteiger partial charge in [0.15, 0.2) is 17.7 Å². The van der Waals surface area contributed by atoms with Crippen molar-refractivity contribution in [3.05, 3.63) is 81.2 Å². The fourth-order valence-corrected chi connectivity index (χ4v) is 6.08. The van der Waals surface area contributed by atoms with E-state index in [2.05, 4.69) is 0 Å². The summed E-state index contributed by atoms with van der Waals surface area (Å²) < 4.78 is 38.6. The number of nitrogens with zero attached hydrogens (tertiary/aromatic N) is 1. The number of hydrogen-bond donors (Lipinski definition) is 0. The molecule has 1 atom stereocenters. The van der Waals surface area contributed by atoms with E-state index >= 15 is 4.39 Å². The van der Waals surface area contributed by atoms with Gasteiger partial charge in [0.05, 0.1) is 25.9 Å². The van der Waals surface area contributed by atoms with Gasteiger partial charge in [0.1, 0.15) is 5.75 Å². The number of methoxy groups -OCH3 is 1. The van der Waals surface area contributed by atoms with E-state index in [0.29, 0.717) is 54.3 Å². The Morgan fingerprint density at radius 1 is 0.976 bits per heavy atom. The van der Waals surface area contributed by atoms with E-state index in [1.165, 1.54) is 13.2 Å². The predicted molar refractivity (Wildman–Crippen MR) is 157 cm³/mol. The van der Waals surface area contributed by atoms with Crippen molar-refractivity contribution in [2.45, 2.75) is 79.2 Å². The molecule has 0 aliphatic carbocycles. The Labute approximate surface area is 246 Å². The first-order valence-electron chi connectivity index (χ1n) is 14.3. The number of para-hydroxylation sites is 1. The normalized spacial score (nSPS) is 15.0. The maximum absolute atomic E-state index is 15.6. The minimum atomic E-state index is -1.07. The van der Waals surface area contributed by atoms with Gasteiger partial charge >= 0.3 is 12.1 Å². The van der Waals surface area contributed by atoms with E-state index in [0.717, 1.165) is 39.8 Å². The Balaban J connectivity index is 1.71. The van der Waals surface area contributed by atoms with Gasteiger partial charge in [-0.1, -0.05) is 18.2 Å². The van der Waals surface area contributed by atoms with Crippen LogP contribution >= 0.6 is 0 Å². The zero-order valence-electron chi connectivity index (χ0n) is 25.4. The average Bonchev–Trinajstić information content (AvgIpc) is 3.42. The topological polar surface area (TPSA) is 74.3 Å². The number of carbonyl (C=O) groups is 2. The largest absolute Gasteiger partial charge is 0.490 e. The molecule has 5 rings (SSSR count). The summed E-state index contributed by atoms with van der Waals surface area (Å²) in [6.45, 7) is 12.6. The molecule has 0 saturated heterocycles. The molecule has 0 spiro atoms. The molecule has 0 saturated carbocycles. The Bertz CT molecular complexity index is 1540. The molecule has 42 heavy (non-hydrogen) atoms. The highest BCUT2D eigenvalue weighted by atomic mass is 19.1. The minimum absolute atomic E-state index is 0.296. The first-order valence-corrected chi connectivity index (χ1v) is 14.3. The molecule has 7 nitrogen and oxygen atoms in total. The van der Waals surface area contributed by atoms with Gasteiger partial charge in [-0.05, 0) is 112 Å². The first-order chi connectivity index (χ1) is 19.9. The van der Waals surface area contributed by atoms with Crippen LogP contribution in [0.4, 0.5) is 9.18 Å². The number of amides is 1. The maximum Gasteiger partial charge on any atom is 0.415 e. The summed E-state index contributed by atoms with van der Waals surface area (Å²) in [7, 11) is 1.33. The number of esters is 1. The number of rotatable bonds is 5. The van der Waals surface area contributed by atoms with Gasteiger partial charge < -0.3 is 18.9 Å². The number of hydrogen-bond acceptors (Lipinski definition) is 6. The van der Waals surface area contributed by atoms with E-state index in [-0.39, 0.29) is 0 Å². The lowest BCUT2D eigenvalue weighted by molar-refractivity contribution is -0.164. The highest BCUT2D eigenvalue weighted by molar-refractivity contribution is 5.87. The molecule has 2 heterocycles. The summed E-state index contributed by atoms with van der Waals surface area (Å²) >= 11 is 0. The van der Waals surface area contributed by atoms with Gasteiger partial charge in [-0.3, -0.25) is 4.90 Å². The maximum atomic E-state index is 15.6. The van der Waals surface area contributed by atoms with E-state index in [1.54, 1.807) is 17.0 Å². The molecule has 0 bridgehead atoms. The number of ether oxygens (including phenoxy) is 4. The zero-order valence-corrected chi connectivity index (χ0v) is 25.4. The van der Waals surface area contributed by atoms with E-state index < -0.39 is 29.6 Å². The van der Waals surface area contributed by atoms with Crippen molar-refractivity contribution >= 4 is 12.1 Å². The summed E-state index contributed by atoms with van der Waals surface area (Å²) in [6.07, 6.45) is -0.0539. The minimum Gasteiger partial charge on any atom is -0.490 e. The number of benzene rings is 3. The van der Waals surface area contributed by atoms with Crippen molar-refractivity contribution in [2.75, 3.05) is 13.7 Å². The summed E-state index contributed by atoms with van der Waals surface area (Å²) in [5.41, 5.74) is 6.56. The van der Waals surface area contributed by atoms with Gasteiger partial charge in [-0.25, -0.2) is 14.0 Å². The monoisotopic (exact) mass is 575 g/mol. The molecule has 0 fully saturated rings. The number of halogens is 1. The molecule has 1 amide bonds. The zero-order chi connectivity index (χ0) is 30.3. The molecule has 2 aliphatic rings. The standard InChI is InChI=1S/C34H38FNO6/c1-19-23-14-11-15-40-30(23)27(35)16-24(19)28-20(2)25-17-36(33(38)41-22-12-9-8-10-13-22)18-26(25)21(3)29(28)31(32(37)39-7)42-34(4,5)6/h8-10,12-13,16,31H,11,14-15,17-18H2,1-7H3/t31-/m0/s1. The van der Waals surface area contributed by atoms with Crippen LogP contribution in [-0.4, -0.2) is 36.3 Å². The second kappa shape index (κ2) is 11.4. The van der Waals surface area contributed by atoms with Gasteiger partial charge in [-0.2, -0.15) is 0 Å². The Morgan fingerprint density at radius 3 is 2.29 bits per heavy atom. The van der Waals surface area contributed by atoms with Crippen LogP contribution in [-0.2, 0) is 33.8 Å². The second-order valence-electron chi connectivity index (χ2n) is 12.0. The average molecular weight is 576 g/mol. The van der Waals surface area contributed by atoms with Crippen LogP contribution in [0.2, 0.25) is 0 Å². The lowest BCUT2D eigenvalue weighted by Gasteiger charge is -2.31. The molecule has 0 radical (unpaired) electrons. The van der Waals surface area contributed by atoms with Crippen molar-refractivity contribution in [1.82, 2.24) is 4.90 Å². The van der Waals surface area contributed by atoms with Crippen LogP contribution in [0.25, 0.3) is 11.1 Å². The summed E-state index contributed by atoms with van der Waals surface area (Å²) in [5.74, 6) is -0.232. The first kappa shape index (κ1) is 29.6. The quantitative estimate of drug-likeness (QED) is 0.298. The highest BCUT2D eigenvalue weighted by Crippen LogP contribution is 2.47. The van der Waals surface area contributed by atoms with Crippen molar-refractivity contribution in [2.24, 2.45) is 0 Å². The Hall–Kier alpha value is -3.91. The van der Waals surface area contributed by atoms with Crippen LogP contribution < -0.4 is 9.47 Å². The molecule has 0 N–H and O–H groups in total. The summed E-state index contributed by atoms with van der Waals surface area (Å²) in [6, 6.07) is 10.4. The molecule has 3 aromatic rings. The van der Waals surface area contributed by atoms with Gasteiger partial charge in [0, 0.05) is 17.7 Å². The van der Waals surface area contributed by atoms with Crippen LogP contribution in [0.15, 0.2) is 36.4 Å². The third-order valence-electron chi connectivity index (χ3n) is 8.08. The van der Waals surface area contributed by atoms with Crippen LogP contribution in [0, 0.1) is 26.6 Å². The SMILES string of the molecule is COC(=O)[C@@H](OC(C)(C)C)c1c(C)c2c(c(C)c1-c1cc(F)c3c(c1C)CCCO3)CN(C(=O)Oc1ccccc1)C2. The van der Waals surface area contributed by atoms with Crippen molar-refractivity contribution < 1.29 is 32.9 Å².